The van der Waals surface area contributed by atoms with Crippen LogP contribution in [-0.2, 0) is 25.4 Å². The summed E-state index contributed by atoms with van der Waals surface area (Å²) in [5.74, 6) is -0.336. The summed E-state index contributed by atoms with van der Waals surface area (Å²) in [6, 6.07) is 7.18. The lowest BCUT2D eigenvalue weighted by Crippen LogP contribution is -2.37. The van der Waals surface area contributed by atoms with Gasteiger partial charge in [-0.2, -0.15) is 0 Å². The van der Waals surface area contributed by atoms with Gasteiger partial charge in [0.2, 0.25) is 0 Å². The number of carboxylic acid groups (broad SMARTS) is 1. The van der Waals surface area contributed by atoms with E-state index in [4.69, 9.17) is 24.1 Å². The van der Waals surface area contributed by atoms with Crippen LogP contribution < -0.4 is 4.74 Å². The van der Waals surface area contributed by atoms with Crippen molar-refractivity contribution in [3.8, 4) is 5.75 Å². The van der Waals surface area contributed by atoms with E-state index < -0.39 is 18.2 Å². The van der Waals surface area contributed by atoms with Gasteiger partial charge < -0.3 is 29.0 Å². The highest BCUT2D eigenvalue weighted by Crippen LogP contribution is 2.14. The summed E-state index contributed by atoms with van der Waals surface area (Å²) >= 11 is 0. The normalized spacial score (nSPS) is 11.7. The fraction of sp³-hybridized carbons (Fsp3) is 0.636. The summed E-state index contributed by atoms with van der Waals surface area (Å²) < 4.78 is 21.3. The number of hydrogen-bond donors (Lipinski definition) is 1. The number of unbranched alkanes of at least 4 members (excludes halogenated alkanes) is 2. The van der Waals surface area contributed by atoms with Gasteiger partial charge in [-0.3, -0.25) is 0 Å². The number of carbonyl (C=O) groups is 2. The molecule has 8 nitrogen and oxygen atoms in total. The SMILES string of the molecule is CCCCCOCCN(CCOc1ccc(CC(OCC)C(=O)O)cc1)C(=O)OC. The van der Waals surface area contributed by atoms with Crippen LogP contribution in [-0.4, -0.2) is 74.8 Å². The van der Waals surface area contributed by atoms with Gasteiger partial charge >= 0.3 is 12.1 Å². The van der Waals surface area contributed by atoms with Crippen LogP contribution in [0.5, 0.6) is 5.75 Å². The summed E-state index contributed by atoms with van der Waals surface area (Å²) in [5.41, 5.74) is 0.847. The molecule has 0 fully saturated rings. The zero-order valence-corrected chi connectivity index (χ0v) is 18.3. The zero-order valence-electron chi connectivity index (χ0n) is 18.3. The number of ether oxygens (including phenoxy) is 4. The molecular formula is C22H35NO7. The van der Waals surface area contributed by atoms with Gasteiger partial charge in [0.15, 0.2) is 6.10 Å². The molecule has 30 heavy (non-hydrogen) atoms. The number of hydrogen-bond acceptors (Lipinski definition) is 6. The quantitative estimate of drug-likeness (QED) is 0.406. The van der Waals surface area contributed by atoms with E-state index >= 15 is 0 Å². The second-order valence-corrected chi connectivity index (χ2v) is 6.76. The molecule has 1 amide bonds. The molecule has 1 N–H and O–H groups in total. The Labute approximate surface area is 179 Å². The zero-order chi connectivity index (χ0) is 22.2. The highest BCUT2D eigenvalue weighted by molar-refractivity contribution is 5.72. The molecule has 0 heterocycles. The third-order valence-electron chi connectivity index (χ3n) is 4.45. The van der Waals surface area contributed by atoms with Crippen molar-refractivity contribution >= 4 is 12.1 Å². The van der Waals surface area contributed by atoms with Crippen LogP contribution in [0.3, 0.4) is 0 Å². The lowest BCUT2D eigenvalue weighted by atomic mass is 10.1. The Bertz CT molecular complexity index is 606. The van der Waals surface area contributed by atoms with Crippen molar-refractivity contribution in [1.29, 1.82) is 0 Å². The van der Waals surface area contributed by atoms with E-state index in [1.165, 1.54) is 7.11 Å². The Morgan fingerprint density at radius 1 is 1.03 bits per heavy atom. The molecular weight excluding hydrogens is 390 g/mol. The molecule has 0 aliphatic carbocycles. The monoisotopic (exact) mass is 425 g/mol. The van der Waals surface area contributed by atoms with E-state index in [-0.39, 0.29) is 6.42 Å². The predicted octanol–water partition coefficient (Wildman–Crippen LogP) is 3.37. The number of aliphatic carboxylic acids is 1. The lowest BCUT2D eigenvalue weighted by Gasteiger charge is -2.21. The molecule has 8 heteroatoms. The maximum absolute atomic E-state index is 11.9. The summed E-state index contributed by atoms with van der Waals surface area (Å²) in [4.78, 5) is 24.6. The van der Waals surface area contributed by atoms with Crippen molar-refractivity contribution in [2.75, 3.05) is 46.6 Å². The number of methoxy groups -OCH3 is 1. The molecule has 1 aromatic rings. The Hall–Kier alpha value is -2.32. The molecule has 0 bridgehead atoms. The van der Waals surface area contributed by atoms with E-state index in [1.54, 1.807) is 24.0 Å². The van der Waals surface area contributed by atoms with Crippen LogP contribution in [0.1, 0.15) is 38.7 Å². The van der Waals surface area contributed by atoms with Crippen LogP contribution in [0, 0.1) is 0 Å². The number of amides is 1. The van der Waals surface area contributed by atoms with Gasteiger partial charge in [-0.05, 0) is 31.0 Å². The van der Waals surface area contributed by atoms with Gasteiger partial charge in [0.25, 0.3) is 0 Å². The first-order chi connectivity index (χ1) is 14.5. The molecule has 0 saturated carbocycles. The molecule has 1 aromatic carbocycles. The fourth-order valence-corrected chi connectivity index (χ4v) is 2.78. The van der Waals surface area contributed by atoms with E-state index in [0.29, 0.717) is 45.3 Å². The number of rotatable bonds is 16. The molecule has 1 unspecified atom stereocenters. The van der Waals surface area contributed by atoms with Gasteiger partial charge in [-0.1, -0.05) is 31.9 Å². The number of nitrogens with zero attached hydrogens (tertiary/aromatic N) is 1. The first-order valence-corrected chi connectivity index (χ1v) is 10.5. The van der Waals surface area contributed by atoms with Crippen molar-refractivity contribution in [2.24, 2.45) is 0 Å². The topological polar surface area (TPSA) is 94.5 Å². The van der Waals surface area contributed by atoms with Gasteiger partial charge in [0.1, 0.15) is 12.4 Å². The molecule has 0 saturated heterocycles. The van der Waals surface area contributed by atoms with Crippen LogP contribution >= 0.6 is 0 Å². The summed E-state index contributed by atoms with van der Waals surface area (Å²) in [5, 5.41) is 9.17. The largest absolute Gasteiger partial charge is 0.492 e. The van der Waals surface area contributed by atoms with Crippen LogP contribution in [0.4, 0.5) is 4.79 Å². The van der Waals surface area contributed by atoms with Crippen molar-refractivity contribution < 1.29 is 33.6 Å². The van der Waals surface area contributed by atoms with Crippen molar-refractivity contribution in [3.05, 3.63) is 29.8 Å². The third kappa shape index (κ3) is 10.5. The van der Waals surface area contributed by atoms with E-state index in [0.717, 1.165) is 24.8 Å². The van der Waals surface area contributed by atoms with Crippen LogP contribution in [0.25, 0.3) is 0 Å². The second-order valence-electron chi connectivity index (χ2n) is 6.76. The minimum atomic E-state index is -0.977. The van der Waals surface area contributed by atoms with Crippen molar-refractivity contribution in [2.45, 2.75) is 45.6 Å². The molecule has 170 valence electrons. The van der Waals surface area contributed by atoms with E-state index in [9.17, 15) is 9.59 Å². The van der Waals surface area contributed by atoms with Gasteiger partial charge in [-0.25, -0.2) is 9.59 Å². The van der Waals surface area contributed by atoms with E-state index in [2.05, 4.69) is 6.92 Å². The highest BCUT2D eigenvalue weighted by atomic mass is 16.5. The summed E-state index contributed by atoms with van der Waals surface area (Å²) in [6.45, 7) is 6.52. The first-order valence-electron chi connectivity index (χ1n) is 10.5. The van der Waals surface area contributed by atoms with Crippen LogP contribution in [0.15, 0.2) is 24.3 Å². The Morgan fingerprint density at radius 2 is 1.73 bits per heavy atom. The minimum absolute atomic E-state index is 0.290. The minimum Gasteiger partial charge on any atom is -0.492 e. The molecule has 0 aromatic heterocycles. The summed E-state index contributed by atoms with van der Waals surface area (Å²) in [7, 11) is 1.35. The standard InChI is InChI=1S/C22H35NO7/c1-4-6-7-14-28-15-12-23(22(26)27-3)13-16-30-19-10-8-18(9-11-19)17-20(21(24)25)29-5-2/h8-11,20H,4-7,12-17H2,1-3H3,(H,24,25). The van der Waals surface area contributed by atoms with Crippen LogP contribution in [0.2, 0.25) is 0 Å². The number of carboxylic acids is 1. The molecule has 1 rings (SSSR count). The lowest BCUT2D eigenvalue weighted by molar-refractivity contribution is -0.149. The highest BCUT2D eigenvalue weighted by Gasteiger charge is 2.18. The number of carbonyl (C=O) groups excluding carboxylic acids is 1. The Balaban J connectivity index is 2.42. The predicted molar refractivity (Wildman–Crippen MR) is 113 cm³/mol. The maximum atomic E-state index is 11.9. The second kappa shape index (κ2) is 15.5. The third-order valence-corrected chi connectivity index (χ3v) is 4.45. The average Bonchev–Trinajstić information content (AvgIpc) is 2.75. The smallest absolute Gasteiger partial charge is 0.409 e. The first kappa shape index (κ1) is 25.7. The number of benzene rings is 1. The Morgan fingerprint density at radius 3 is 2.33 bits per heavy atom. The van der Waals surface area contributed by atoms with Crippen molar-refractivity contribution in [1.82, 2.24) is 4.90 Å². The molecule has 0 spiro atoms. The summed E-state index contributed by atoms with van der Waals surface area (Å²) in [6.07, 6.45) is 2.31. The molecule has 0 aliphatic rings. The van der Waals surface area contributed by atoms with E-state index in [1.807, 2.05) is 12.1 Å². The maximum Gasteiger partial charge on any atom is 0.409 e. The average molecular weight is 426 g/mol. The Kier molecular flexibility index (Phi) is 13.3. The molecule has 0 aliphatic heterocycles. The van der Waals surface area contributed by atoms with Gasteiger partial charge in [0, 0.05) is 26.2 Å². The molecule has 1 atom stereocenters. The fourth-order valence-electron chi connectivity index (χ4n) is 2.78. The van der Waals surface area contributed by atoms with Crippen molar-refractivity contribution in [3.63, 3.8) is 0 Å². The van der Waals surface area contributed by atoms with Gasteiger partial charge in [-0.15, -0.1) is 0 Å². The molecule has 0 radical (unpaired) electrons. The van der Waals surface area contributed by atoms with Gasteiger partial charge in [0.05, 0.1) is 20.3 Å².